The Labute approximate surface area is 148 Å². The summed E-state index contributed by atoms with van der Waals surface area (Å²) in [4.78, 5) is 0. The van der Waals surface area contributed by atoms with Crippen molar-refractivity contribution < 1.29 is 8.42 Å². The number of nitrogens with zero attached hydrogens (tertiary/aromatic N) is 1. The third-order valence-electron chi connectivity index (χ3n) is 5.02. The first-order chi connectivity index (χ1) is 11.6. The molecule has 136 valence electrons. The molecule has 1 aliphatic rings. The molecule has 1 atom stereocenters. The van der Waals surface area contributed by atoms with Crippen molar-refractivity contribution in [2.75, 3.05) is 10.1 Å². The van der Waals surface area contributed by atoms with Crippen LogP contribution < -0.4 is 4.31 Å². The zero-order valence-electron chi connectivity index (χ0n) is 15.3. The molecule has 4 heteroatoms. The number of hydrogen-bond donors (Lipinski definition) is 0. The number of benzene rings is 1. The van der Waals surface area contributed by atoms with Crippen LogP contribution in [0.25, 0.3) is 0 Å². The molecule has 0 radical (unpaired) electrons. The third kappa shape index (κ3) is 4.98. The molecule has 1 unspecified atom stereocenters. The first kappa shape index (κ1) is 19.3. The predicted octanol–water partition coefficient (Wildman–Crippen LogP) is 5.30. The highest BCUT2D eigenvalue weighted by Gasteiger charge is 2.34. The van der Waals surface area contributed by atoms with Gasteiger partial charge < -0.3 is 0 Å². The molecule has 0 amide bonds. The van der Waals surface area contributed by atoms with Crippen LogP contribution in [0.15, 0.2) is 24.3 Å². The van der Waals surface area contributed by atoms with Crippen molar-refractivity contribution in [3.63, 3.8) is 0 Å². The van der Waals surface area contributed by atoms with Crippen molar-refractivity contribution in [3.8, 4) is 0 Å². The SMILES string of the molecule is CCCCCCCC(CCCC)N1c2ccccc2CCS1(=O)=O. The monoisotopic (exact) mass is 351 g/mol. The smallest absolute Gasteiger partial charge is 0.235 e. The van der Waals surface area contributed by atoms with Gasteiger partial charge >= 0.3 is 0 Å². The molecule has 1 aromatic rings. The van der Waals surface area contributed by atoms with Crippen molar-refractivity contribution in [3.05, 3.63) is 29.8 Å². The highest BCUT2D eigenvalue weighted by molar-refractivity contribution is 7.92. The highest BCUT2D eigenvalue weighted by Crippen LogP contribution is 2.34. The van der Waals surface area contributed by atoms with E-state index in [0.717, 1.165) is 37.8 Å². The van der Waals surface area contributed by atoms with Crippen LogP contribution in [-0.2, 0) is 16.4 Å². The Morgan fingerprint density at radius 2 is 1.62 bits per heavy atom. The minimum absolute atomic E-state index is 0.123. The van der Waals surface area contributed by atoms with E-state index in [2.05, 4.69) is 19.9 Å². The van der Waals surface area contributed by atoms with Gasteiger partial charge in [0, 0.05) is 6.04 Å². The lowest BCUT2D eigenvalue weighted by molar-refractivity contribution is 0.489. The molecule has 1 aliphatic heterocycles. The van der Waals surface area contributed by atoms with E-state index < -0.39 is 10.0 Å². The summed E-state index contributed by atoms with van der Waals surface area (Å²) in [6.07, 6.45) is 10.9. The van der Waals surface area contributed by atoms with E-state index in [1.807, 2.05) is 18.2 Å². The number of para-hydroxylation sites is 1. The van der Waals surface area contributed by atoms with E-state index >= 15 is 0 Å². The summed E-state index contributed by atoms with van der Waals surface area (Å²) in [7, 11) is -3.18. The van der Waals surface area contributed by atoms with Crippen LogP contribution in [0.4, 0.5) is 5.69 Å². The van der Waals surface area contributed by atoms with Gasteiger partial charge in [-0.2, -0.15) is 0 Å². The molecule has 1 heterocycles. The molecular weight excluding hydrogens is 318 g/mol. The van der Waals surface area contributed by atoms with Crippen LogP contribution in [0.5, 0.6) is 0 Å². The summed E-state index contributed by atoms with van der Waals surface area (Å²) in [6.45, 7) is 4.40. The number of anilines is 1. The number of hydrogen-bond acceptors (Lipinski definition) is 2. The second-order valence-electron chi connectivity index (χ2n) is 6.99. The molecule has 0 spiro atoms. The van der Waals surface area contributed by atoms with Crippen molar-refractivity contribution in [1.82, 2.24) is 0 Å². The Morgan fingerprint density at radius 1 is 0.958 bits per heavy atom. The fourth-order valence-electron chi connectivity index (χ4n) is 3.65. The van der Waals surface area contributed by atoms with E-state index in [1.54, 1.807) is 4.31 Å². The van der Waals surface area contributed by atoms with Gasteiger partial charge in [0.05, 0.1) is 11.4 Å². The molecule has 0 bridgehead atoms. The maximum Gasteiger partial charge on any atom is 0.235 e. The van der Waals surface area contributed by atoms with E-state index in [-0.39, 0.29) is 11.8 Å². The molecule has 2 rings (SSSR count). The second kappa shape index (κ2) is 9.45. The van der Waals surface area contributed by atoms with E-state index in [0.29, 0.717) is 6.42 Å². The summed E-state index contributed by atoms with van der Waals surface area (Å²) < 4.78 is 27.4. The minimum Gasteiger partial charge on any atom is -0.267 e. The fourth-order valence-corrected chi connectivity index (χ4v) is 5.47. The van der Waals surface area contributed by atoms with Gasteiger partial charge in [-0.3, -0.25) is 4.31 Å². The van der Waals surface area contributed by atoms with Crippen LogP contribution in [0.1, 0.15) is 77.2 Å². The van der Waals surface area contributed by atoms with E-state index in [4.69, 9.17) is 0 Å². The summed E-state index contributed by atoms with van der Waals surface area (Å²) in [5, 5.41) is 0. The Morgan fingerprint density at radius 3 is 2.38 bits per heavy atom. The van der Waals surface area contributed by atoms with Crippen molar-refractivity contribution in [1.29, 1.82) is 0 Å². The Hall–Kier alpha value is -1.03. The molecule has 1 aromatic carbocycles. The molecule has 0 aliphatic carbocycles. The molecule has 24 heavy (non-hydrogen) atoms. The highest BCUT2D eigenvalue weighted by atomic mass is 32.2. The summed E-state index contributed by atoms with van der Waals surface area (Å²) in [6, 6.07) is 8.17. The lowest BCUT2D eigenvalue weighted by atomic mass is 10.0. The average molecular weight is 352 g/mol. The Bertz CT molecular complexity index is 597. The van der Waals surface area contributed by atoms with Gasteiger partial charge in [0.1, 0.15) is 0 Å². The van der Waals surface area contributed by atoms with Gasteiger partial charge in [0.15, 0.2) is 0 Å². The van der Waals surface area contributed by atoms with Gasteiger partial charge in [-0.25, -0.2) is 8.42 Å². The summed E-state index contributed by atoms with van der Waals surface area (Å²) in [5.74, 6) is 0.252. The van der Waals surface area contributed by atoms with Gasteiger partial charge in [0.25, 0.3) is 0 Å². The molecule has 0 N–H and O–H groups in total. The van der Waals surface area contributed by atoms with Crippen molar-refractivity contribution in [2.24, 2.45) is 0 Å². The van der Waals surface area contributed by atoms with Crippen LogP contribution in [0.2, 0.25) is 0 Å². The number of aryl methyl sites for hydroxylation is 1. The van der Waals surface area contributed by atoms with E-state index in [9.17, 15) is 8.42 Å². The fraction of sp³-hybridized carbons (Fsp3) is 0.700. The Balaban J connectivity index is 2.16. The molecule has 0 fully saturated rings. The lowest BCUT2D eigenvalue weighted by Gasteiger charge is -2.37. The normalized spacial score (nSPS) is 17.5. The molecule has 3 nitrogen and oxygen atoms in total. The number of rotatable bonds is 10. The standard InChI is InChI=1S/C20H33NO2S/c1-3-5-7-8-9-14-19(13-6-4-2)21-20-15-11-10-12-18(20)16-17-24(21,22)23/h10-12,15,19H,3-9,13-14,16-17H2,1-2H3. The molecule has 0 saturated carbocycles. The zero-order chi connectivity index (χ0) is 17.4. The number of sulfonamides is 1. The topological polar surface area (TPSA) is 37.4 Å². The summed E-state index contributed by atoms with van der Waals surface area (Å²) >= 11 is 0. The van der Waals surface area contributed by atoms with Crippen LogP contribution in [0.3, 0.4) is 0 Å². The van der Waals surface area contributed by atoms with Crippen LogP contribution in [0, 0.1) is 0 Å². The van der Waals surface area contributed by atoms with Crippen LogP contribution in [-0.4, -0.2) is 20.2 Å². The minimum atomic E-state index is -3.18. The maximum atomic E-state index is 12.8. The van der Waals surface area contributed by atoms with Gasteiger partial charge in [0.2, 0.25) is 10.0 Å². The van der Waals surface area contributed by atoms with Crippen LogP contribution >= 0.6 is 0 Å². The second-order valence-corrected chi connectivity index (χ2v) is 8.95. The molecular formula is C20H33NO2S. The number of fused-ring (bicyclic) bond motifs is 1. The van der Waals surface area contributed by atoms with Gasteiger partial charge in [-0.1, -0.05) is 77.0 Å². The largest absolute Gasteiger partial charge is 0.267 e. The predicted molar refractivity (Wildman–Crippen MR) is 103 cm³/mol. The Kier molecular flexibility index (Phi) is 7.60. The van der Waals surface area contributed by atoms with E-state index in [1.165, 1.54) is 31.2 Å². The number of unbranched alkanes of at least 4 members (excludes halogenated alkanes) is 5. The molecule has 0 saturated heterocycles. The average Bonchev–Trinajstić information content (AvgIpc) is 2.57. The van der Waals surface area contributed by atoms with Crippen molar-refractivity contribution >= 4 is 15.7 Å². The quantitative estimate of drug-likeness (QED) is 0.537. The first-order valence-electron chi connectivity index (χ1n) is 9.70. The molecule has 0 aromatic heterocycles. The first-order valence-corrected chi connectivity index (χ1v) is 11.3. The van der Waals surface area contributed by atoms with Crippen molar-refractivity contribution in [2.45, 2.75) is 84.1 Å². The lowest BCUT2D eigenvalue weighted by Crippen LogP contribution is -2.45. The van der Waals surface area contributed by atoms with Gasteiger partial charge in [-0.15, -0.1) is 0 Å². The third-order valence-corrected chi connectivity index (χ3v) is 6.84. The maximum absolute atomic E-state index is 12.8. The zero-order valence-corrected chi connectivity index (χ0v) is 16.2. The van der Waals surface area contributed by atoms with Gasteiger partial charge in [-0.05, 0) is 30.9 Å². The summed E-state index contributed by atoms with van der Waals surface area (Å²) in [5.41, 5.74) is 2.11.